The molecule has 1 heterocycles. The van der Waals surface area contributed by atoms with Crippen LogP contribution in [0.4, 0.5) is 0 Å². The van der Waals surface area contributed by atoms with Crippen molar-refractivity contribution in [2.75, 3.05) is 7.11 Å². The van der Waals surface area contributed by atoms with Crippen molar-refractivity contribution in [2.45, 2.75) is 0 Å². The van der Waals surface area contributed by atoms with Gasteiger partial charge in [0, 0.05) is 18.0 Å². The number of ether oxygens (including phenoxy) is 1. The van der Waals surface area contributed by atoms with E-state index in [2.05, 4.69) is 4.74 Å². The number of nitrogens with zero attached hydrogens (tertiary/aromatic N) is 1. The predicted molar refractivity (Wildman–Crippen MR) is 58.8 cm³/mol. The van der Waals surface area contributed by atoms with E-state index in [1.54, 1.807) is 47.2 Å². The highest BCUT2D eigenvalue weighted by Crippen LogP contribution is 2.18. The van der Waals surface area contributed by atoms with Crippen LogP contribution in [0.15, 0.2) is 42.6 Å². The molecule has 82 valence electrons. The molecule has 0 saturated carbocycles. The Hall–Kier alpha value is -2.23. The molecule has 0 radical (unpaired) electrons. The zero-order chi connectivity index (χ0) is 11.5. The maximum Gasteiger partial charge on any atom is 0.337 e. The van der Waals surface area contributed by atoms with E-state index in [-0.39, 0.29) is 5.88 Å². The summed E-state index contributed by atoms with van der Waals surface area (Å²) >= 11 is 0. The summed E-state index contributed by atoms with van der Waals surface area (Å²) in [5.41, 5.74) is 1.17. The SMILES string of the molecule is COC(=O)c1cccc(-n2cccc2O)c1. The third-order valence-corrected chi connectivity index (χ3v) is 2.27. The molecular formula is C12H11NO3. The van der Waals surface area contributed by atoms with Gasteiger partial charge in [0.2, 0.25) is 0 Å². The number of benzene rings is 1. The quantitative estimate of drug-likeness (QED) is 0.782. The lowest BCUT2D eigenvalue weighted by Gasteiger charge is -2.06. The van der Waals surface area contributed by atoms with Crippen LogP contribution in [0.2, 0.25) is 0 Å². The normalized spacial score (nSPS) is 10.1. The van der Waals surface area contributed by atoms with E-state index in [0.717, 1.165) is 0 Å². The number of hydrogen-bond acceptors (Lipinski definition) is 3. The highest BCUT2D eigenvalue weighted by atomic mass is 16.5. The molecule has 0 aliphatic rings. The number of carbonyl (C=O) groups is 1. The molecule has 0 saturated heterocycles. The van der Waals surface area contributed by atoms with Crippen molar-refractivity contribution in [1.82, 2.24) is 4.57 Å². The van der Waals surface area contributed by atoms with Crippen LogP contribution in [0.3, 0.4) is 0 Å². The summed E-state index contributed by atoms with van der Waals surface area (Å²) in [7, 11) is 1.34. The zero-order valence-corrected chi connectivity index (χ0v) is 8.75. The molecule has 0 aliphatic heterocycles. The van der Waals surface area contributed by atoms with E-state index in [0.29, 0.717) is 11.3 Å². The monoisotopic (exact) mass is 217 g/mol. The fraction of sp³-hybridized carbons (Fsp3) is 0.0833. The first kappa shape index (κ1) is 10.3. The number of methoxy groups -OCH3 is 1. The molecule has 1 aromatic heterocycles. The van der Waals surface area contributed by atoms with Crippen molar-refractivity contribution in [1.29, 1.82) is 0 Å². The van der Waals surface area contributed by atoms with Crippen LogP contribution in [-0.4, -0.2) is 22.8 Å². The molecule has 4 heteroatoms. The second-order valence-electron chi connectivity index (χ2n) is 3.28. The fourth-order valence-corrected chi connectivity index (χ4v) is 1.49. The van der Waals surface area contributed by atoms with Crippen LogP contribution in [0, 0.1) is 0 Å². The van der Waals surface area contributed by atoms with E-state index in [1.807, 2.05) is 0 Å². The van der Waals surface area contributed by atoms with Gasteiger partial charge in [0.05, 0.1) is 12.7 Å². The molecule has 1 aromatic carbocycles. The molecule has 0 unspecified atom stereocenters. The average Bonchev–Trinajstić information content (AvgIpc) is 2.74. The molecule has 1 N–H and O–H groups in total. The first-order valence-electron chi connectivity index (χ1n) is 4.77. The standard InChI is InChI=1S/C12H11NO3/c1-16-12(15)9-4-2-5-10(8-9)13-7-3-6-11(13)14/h2-8,14H,1H3. The Morgan fingerprint density at radius 1 is 1.31 bits per heavy atom. The van der Waals surface area contributed by atoms with Gasteiger partial charge in [0.25, 0.3) is 0 Å². The minimum atomic E-state index is -0.395. The van der Waals surface area contributed by atoms with Crippen molar-refractivity contribution in [2.24, 2.45) is 0 Å². The molecule has 2 rings (SSSR count). The van der Waals surface area contributed by atoms with Gasteiger partial charge in [-0.05, 0) is 24.3 Å². The van der Waals surface area contributed by atoms with Gasteiger partial charge in [-0.3, -0.25) is 4.57 Å². The number of esters is 1. The third kappa shape index (κ3) is 1.77. The van der Waals surface area contributed by atoms with Crippen molar-refractivity contribution in [3.63, 3.8) is 0 Å². The molecule has 2 aromatic rings. The zero-order valence-electron chi connectivity index (χ0n) is 8.75. The molecule has 0 fully saturated rings. The molecule has 0 spiro atoms. The summed E-state index contributed by atoms with van der Waals surface area (Å²) in [6.45, 7) is 0. The summed E-state index contributed by atoms with van der Waals surface area (Å²) in [5.74, 6) is -0.268. The van der Waals surface area contributed by atoms with Gasteiger partial charge in [0.15, 0.2) is 5.88 Å². The Kier molecular flexibility index (Phi) is 2.64. The molecule has 0 atom stereocenters. The van der Waals surface area contributed by atoms with E-state index >= 15 is 0 Å². The highest BCUT2D eigenvalue weighted by molar-refractivity contribution is 5.89. The average molecular weight is 217 g/mol. The molecular weight excluding hydrogens is 206 g/mol. The Balaban J connectivity index is 2.44. The fourth-order valence-electron chi connectivity index (χ4n) is 1.49. The lowest BCUT2D eigenvalue weighted by Crippen LogP contribution is -2.02. The highest BCUT2D eigenvalue weighted by Gasteiger charge is 2.07. The van der Waals surface area contributed by atoms with E-state index in [9.17, 15) is 9.90 Å². The number of rotatable bonds is 2. The maximum absolute atomic E-state index is 11.3. The first-order chi connectivity index (χ1) is 7.72. The predicted octanol–water partition coefficient (Wildman–Crippen LogP) is 1.97. The van der Waals surface area contributed by atoms with Crippen LogP contribution in [-0.2, 0) is 4.74 Å². The van der Waals surface area contributed by atoms with Gasteiger partial charge >= 0.3 is 5.97 Å². The minimum absolute atomic E-state index is 0.127. The maximum atomic E-state index is 11.3. The third-order valence-electron chi connectivity index (χ3n) is 2.27. The summed E-state index contributed by atoms with van der Waals surface area (Å²) in [5, 5.41) is 9.54. The lowest BCUT2D eigenvalue weighted by atomic mass is 10.2. The second kappa shape index (κ2) is 4.10. The second-order valence-corrected chi connectivity index (χ2v) is 3.28. The van der Waals surface area contributed by atoms with E-state index < -0.39 is 5.97 Å². The van der Waals surface area contributed by atoms with Gasteiger partial charge in [-0.2, -0.15) is 0 Å². The van der Waals surface area contributed by atoms with Gasteiger partial charge in [-0.25, -0.2) is 4.79 Å². The summed E-state index contributed by atoms with van der Waals surface area (Å²) in [6, 6.07) is 10.2. The summed E-state index contributed by atoms with van der Waals surface area (Å²) < 4.78 is 6.20. The van der Waals surface area contributed by atoms with Crippen molar-refractivity contribution in [3.05, 3.63) is 48.2 Å². The van der Waals surface area contributed by atoms with E-state index in [4.69, 9.17) is 0 Å². The van der Waals surface area contributed by atoms with E-state index in [1.165, 1.54) is 7.11 Å². The summed E-state index contributed by atoms with van der Waals surface area (Å²) in [4.78, 5) is 11.3. The number of aromatic nitrogens is 1. The molecule has 4 nitrogen and oxygen atoms in total. The Morgan fingerprint density at radius 3 is 2.75 bits per heavy atom. The molecule has 16 heavy (non-hydrogen) atoms. The van der Waals surface area contributed by atoms with Crippen LogP contribution in [0.25, 0.3) is 5.69 Å². The molecule has 0 bridgehead atoms. The number of carbonyl (C=O) groups excluding carboxylic acids is 1. The van der Waals surface area contributed by atoms with Gasteiger partial charge in [-0.15, -0.1) is 0 Å². The topological polar surface area (TPSA) is 51.5 Å². The van der Waals surface area contributed by atoms with Crippen molar-refractivity contribution in [3.8, 4) is 11.6 Å². The molecule has 0 aliphatic carbocycles. The van der Waals surface area contributed by atoms with Crippen LogP contribution in [0.5, 0.6) is 5.88 Å². The Morgan fingerprint density at radius 2 is 2.12 bits per heavy atom. The summed E-state index contributed by atoms with van der Waals surface area (Å²) in [6.07, 6.45) is 1.71. The smallest absolute Gasteiger partial charge is 0.337 e. The minimum Gasteiger partial charge on any atom is -0.494 e. The van der Waals surface area contributed by atoms with Crippen LogP contribution in [0.1, 0.15) is 10.4 Å². The number of hydrogen-bond donors (Lipinski definition) is 1. The van der Waals surface area contributed by atoms with Crippen molar-refractivity contribution < 1.29 is 14.6 Å². The van der Waals surface area contributed by atoms with Crippen molar-refractivity contribution >= 4 is 5.97 Å². The van der Waals surface area contributed by atoms with Crippen LogP contribution >= 0.6 is 0 Å². The van der Waals surface area contributed by atoms with Crippen LogP contribution < -0.4 is 0 Å². The number of aromatic hydroxyl groups is 1. The Labute approximate surface area is 92.7 Å². The Bertz CT molecular complexity index is 516. The van der Waals surface area contributed by atoms with Gasteiger partial charge in [-0.1, -0.05) is 6.07 Å². The first-order valence-corrected chi connectivity index (χ1v) is 4.77. The lowest BCUT2D eigenvalue weighted by molar-refractivity contribution is 0.0600. The largest absolute Gasteiger partial charge is 0.494 e. The van der Waals surface area contributed by atoms with Gasteiger partial charge < -0.3 is 9.84 Å². The molecule has 0 amide bonds. The van der Waals surface area contributed by atoms with Gasteiger partial charge in [0.1, 0.15) is 0 Å².